The van der Waals surface area contributed by atoms with E-state index in [2.05, 4.69) is 29.6 Å². The van der Waals surface area contributed by atoms with Gasteiger partial charge in [0.25, 0.3) is 0 Å². The van der Waals surface area contributed by atoms with Crippen molar-refractivity contribution in [2.75, 3.05) is 13.1 Å². The normalized spacial score (nSPS) is 29.7. The van der Waals surface area contributed by atoms with Crippen molar-refractivity contribution in [3.05, 3.63) is 35.4 Å². The molecule has 1 fully saturated rings. The standard InChI is InChI=1S/C13H17N/c1-2-4-13-11(3-1)8-12(13)7-10-5-6-14-9-10/h1-4,10,12,14H,5-9H2. The molecule has 0 radical (unpaired) electrons. The molecule has 3 rings (SSSR count). The number of hydrogen-bond donors (Lipinski definition) is 1. The highest BCUT2D eigenvalue weighted by Gasteiger charge is 2.28. The zero-order valence-electron chi connectivity index (χ0n) is 8.50. The topological polar surface area (TPSA) is 12.0 Å². The van der Waals surface area contributed by atoms with E-state index >= 15 is 0 Å². The van der Waals surface area contributed by atoms with E-state index < -0.39 is 0 Å². The van der Waals surface area contributed by atoms with Gasteiger partial charge in [-0.2, -0.15) is 0 Å². The van der Waals surface area contributed by atoms with Gasteiger partial charge >= 0.3 is 0 Å². The SMILES string of the molecule is c1ccc2c(c1)CC2CC1CCNC1. The van der Waals surface area contributed by atoms with Crippen LogP contribution in [0.5, 0.6) is 0 Å². The molecule has 0 amide bonds. The minimum absolute atomic E-state index is 0.871. The molecule has 0 saturated carbocycles. The Morgan fingerprint density at radius 2 is 2.21 bits per heavy atom. The Kier molecular flexibility index (Phi) is 2.06. The lowest BCUT2D eigenvalue weighted by atomic mass is 9.73. The van der Waals surface area contributed by atoms with Gasteiger partial charge in [0.1, 0.15) is 0 Å². The number of rotatable bonds is 2. The Morgan fingerprint density at radius 3 is 3.00 bits per heavy atom. The predicted octanol–water partition coefficient (Wildman–Crippen LogP) is 2.33. The van der Waals surface area contributed by atoms with E-state index in [4.69, 9.17) is 0 Å². The number of fused-ring (bicyclic) bond motifs is 1. The second kappa shape index (κ2) is 3.39. The van der Waals surface area contributed by atoms with Crippen molar-refractivity contribution in [2.45, 2.75) is 25.2 Å². The molecule has 2 unspecified atom stereocenters. The van der Waals surface area contributed by atoms with Gasteiger partial charge in [-0.3, -0.25) is 0 Å². The number of benzene rings is 1. The van der Waals surface area contributed by atoms with E-state index in [1.54, 1.807) is 11.1 Å². The van der Waals surface area contributed by atoms with Crippen LogP contribution in [0.25, 0.3) is 0 Å². The van der Waals surface area contributed by atoms with Crippen molar-refractivity contribution in [1.29, 1.82) is 0 Å². The summed E-state index contributed by atoms with van der Waals surface area (Å²) in [5.74, 6) is 1.81. The molecule has 2 aliphatic rings. The summed E-state index contributed by atoms with van der Waals surface area (Å²) in [4.78, 5) is 0. The molecule has 74 valence electrons. The summed E-state index contributed by atoms with van der Waals surface area (Å²) < 4.78 is 0. The Labute approximate surface area is 85.5 Å². The average molecular weight is 187 g/mol. The van der Waals surface area contributed by atoms with Crippen molar-refractivity contribution in [2.24, 2.45) is 5.92 Å². The van der Waals surface area contributed by atoms with Crippen LogP contribution in [0.1, 0.15) is 29.9 Å². The van der Waals surface area contributed by atoms with Crippen LogP contribution in [0.15, 0.2) is 24.3 Å². The average Bonchev–Trinajstić information content (AvgIpc) is 2.67. The van der Waals surface area contributed by atoms with Crippen molar-refractivity contribution in [3.8, 4) is 0 Å². The van der Waals surface area contributed by atoms with Gasteiger partial charge in [0.2, 0.25) is 0 Å². The van der Waals surface area contributed by atoms with Crippen molar-refractivity contribution >= 4 is 0 Å². The summed E-state index contributed by atoms with van der Waals surface area (Å²) in [5.41, 5.74) is 3.21. The fourth-order valence-corrected chi connectivity index (χ4v) is 2.89. The van der Waals surface area contributed by atoms with Crippen LogP contribution < -0.4 is 5.32 Å². The quantitative estimate of drug-likeness (QED) is 0.749. The van der Waals surface area contributed by atoms with Gasteiger partial charge in [-0.15, -0.1) is 0 Å². The molecular formula is C13H17N. The molecule has 0 bridgehead atoms. The molecule has 1 aliphatic carbocycles. The maximum atomic E-state index is 3.45. The molecule has 1 saturated heterocycles. The van der Waals surface area contributed by atoms with E-state index in [0.717, 1.165) is 11.8 Å². The van der Waals surface area contributed by atoms with E-state index in [1.807, 2.05) is 0 Å². The second-order valence-electron chi connectivity index (χ2n) is 4.69. The van der Waals surface area contributed by atoms with E-state index in [-0.39, 0.29) is 0 Å². The number of hydrogen-bond acceptors (Lipinski definition) is 1. The summed E-state index contributed by atoms with van der Waals surface area (Å²) >= 11 is 0. The fourth-order valence-electron chi connectivity index (χ4n) is 2.89. The highest BCUT2D eigenvalue weighted by Crippen LogP contribution is 2.39. The van der Waals surface area contributed by atoms with Crippen molar-refractivity contribution in [1.82, 2.24) is 5.32 Å². The molecule has 1 heteroatoms. The van der Waals surface area contributed by atoms with Crippen LogP contribution in [-0.2, 0) is 6.42 Å². The highest BCUT2D eigenvalue weighted by atomic mass is 14.9. The van der Waals surface area contributed by atoms with Gasteiger partial charge < -0.3 is 5.32 Å². The van der Waals surface area contributed by atoms with Gasteiger partial charge in [-0.1, -0.05) is 24.3 Å². The van der Waals surface area contributed by atoms with Crippen molar-refractivity contribution < 1.29 is 0 Å². The van der Waals surface area contributed by atoms with Crippen LogP contribution in [0.2, 0.25) is 0 Å². The van der Waals surface area contributed by atoms with Gasteiger partial charge in [0.05, 0.1) is 0 Å². The van der Waals surface area contributed by atoms with Gasteiger partial charge in [0.15, 0.2) is 0 Å². The molecule has 1 heterocycles. The summed E-state index contributed by atoms with van der Waals surface area (Å²) in [6, 6.07) is 8.93. The van der Waals surface area contributed by atoms with E-state index in [1.165, 1.54) is 32.4 Å². The first-order valence-electron chi connectivity index (χ1n) is 5.72. The van der Waals surface area contributed by atoms with Crippen LogP contribution in [0.4, 0.5) is 0 Å². The first-order valence-corrected chi connectivity index (χ1v) is 5.72. The zero-order chi connectivity index (χ0) is 9.38. The minimum Gasteiger partial charge on any atom is -0.316 e. The summed E-state index contributed by atoms with van der Waals surface area (Å²) in [7, 11) is 0. The molecule has 1 aromatic rings. The monoisotopic (exact) mass is 187 g/mol. The number of nitrogens with one attached hydrogen (secondary N) is 1. The van der Waals surface area contributed by atoms with Crippen LogP contribution in [-0.4, -0.2) is 13.1 Å². The zero-order valence-corrected chi connectivity index (χ0v) is 8.50. The third-order valence-corrected chi connectivity index (χ3v) is 3.74. The molecule has 1 aliphatic heterocycles. The van der Waals surface area contributed by atoms with Gasteiger partial charge in [-0.25, -0.2) is 0 Å². The smallest absolute Gasteiger partial charge is 0.00198 e. The second-order valence-corrected chi connectivity index (χ2v) is 4.69. The Hall–Kier alpha value is -0.820. The highest BCUT2D eigenvalue weighted by molar-refractivity contribution is 5.39. The Balaban J connectivity index is 1.67. The molecular weight excluding hydrogens is 170 g/mol. The molecule has 1 N–H and O–H groups in total. The lowest BCUT2D eigenvalue weighted by Crippen LogP contribution is -2.21. The molecule has 14 heavy (non-hydrogen) atoms. The predicted molar refractivity (Wildman–Crippen MR) is 58.5 cm³/mol. The Bertz CT molecular complexity index is 326. The lowest BCUT2D eigenvalue weighted by Gasteiger charge is -2.31. The summed E-state index contributed by atoms with van der Waals surface area (Å²) in [5, 5.41) is 3.45. The molecule has 0 aromatic heterocycles. The first kappa shape index (κ1) is 8.49. The first-order chi connectivity index (χ1) is 6.93. The van der Waals surface area contributed by atoms with E-state index in [9.17, 15) is 0 Å². The minimum atomic E-state index is 0.871. The van der Waals surface area contributed by atoms with Crippen LogP contribution in [0.3, 0.4) is 0 Å². The Morgan fingerprint density at radius 1 is 1.29 bits per heavy atom. The molecule has 2 atom stereocenters. The third-order valence-electron chi connectivity index (χ3n) is 3.74. The third kappa shape index (κ3) is 1.36. The fraction of sp³-hybridized carbons (Fsp3) is 0.538. The van der Waals surface area contributed by atoms with Crippen LogP contribution >= 0.6 is 0 Å². The van der Waals surface area contributed by atoms with Gasteiger partial charge in [-0.05, 0) is 55.3 Å². The largest absolute Gasteiger partial charge is 0.316 e. The maximum absolute atomic E-state index is 3.45. The summed E-state index contributed by atoms with van der Waals surface area (Å²) in [6.07, 6.45) is 4.12. The lowest BCUT2D eigenvalue weighted by molar-refractivity contribution is 0.435. The molecule has 0 spiro atoms. The van der Waals surface area contributed by atoms with E-state index in [0.29, 0.717) is 0 Å². The van der Waals surface area contributed by atoms with Crippen molar-refractivity contribution in [3.63, 3.8) is 0 Å². The maximum Gasteiger partial charge on any atom is -0.00198 e. The van der Waals surface area contributed by atoms with Crippen LogP contribution in [0, 0.1) is 5.92 Å². The molecule has 1 aromatic carbocycles. The van der Waals surface area contributed by atoms with Gasteiger partial charge in [0, 0.05) is 0 Å². The molecule has 1 nitrogen and oxygen atoms in total. The summed E-state index contributed by atoms with van der Waals surface area (Å²) in [6.45, 7) is 2.48.